The van der Waals surface area contributed by atoms with E-state index in [0.29, 0.717) is 13.0 Å². The van der Waals surface area contributed by atoms with Crippen LogP contribution in [0.3, 0.4) is 0 Å². The van der Waals surface area contributed by atoms with Gasteiger partial charge in [-0.25, -0.2) is 0 Å². The molecule has 0 aromatic rings. The van der Waals surface area contributed by atoms with Crippen LogP contribution in [0.25, 0.3) is 0 Å². The zero-order chi connectivity index (χ0) is 22.5. The molecule has 0 saturated carbocycles. The molecule has 2 rings (SSSR count). The van der Waals surface area contributed by atoms with Crippen LogP contribution in [0.1, 0.15) is 32.1 Å². The van der Waals surface area contributed by atoms with Crippen molar-refractivity contribution in [2.45, 2.75) is 93.0 Å². The summed E-state index contributed by atoms with van der Waals surface area (Å²) >= 11 is 0. The van der Waals surface area contributed by atoms with Gasteiger partial charge in [0.2, 0.25) is 0 Å². The molecule has 2 heterocycles. The predicted molar refractivity (Wildman–Crippen MR) is 99.7 cm³/mol. The summed E-state index contributed by atoms with van der Waals surface area (Å²) in [5.74, 6) is -2.12. The third-order valence-electron chi connectivity index (χ3n) is 5.65. The van der Waals surface area contributed by atoms with Gasteiger partial charge in [0.1, 0.15) is 48.8 Å². The van der Waals surface area contributed by atoms with Crippen molar-refractivity contribution >= 4 is 0 Å². The van der Waals surface area contributed by atoms with Gasteiger partial charge in [0.25, 0.3) is 0 Å². The Morgan fingerprint density at radius 1 is 0.800 bits per heavy atom. The Labute approximate surface area is 174 Å². The molecule has 0 radical (unpaired) electrons. The molecule has 0 aliphatic carbocycles. The Morgan fingerprint density at radius 3 is 2.03 bits per heavy atom. The van der Waals surface area contributed by atoms with Gasteiger partial charge in [-0.15, -0.1) is 0 Å². The summed E-state index contributed by atoms with van der Waals surface area (Å²) in [5, 5.41) is 80.4. The number of unbranched alkanes of at least 4 members (excludes halogenated alkanes) is 3. The summed E-state index contributed by atoms with van der Waals surface area (Å²) in [5.41, 5.74) is 5.43. The van der Waals surface area contributed by atoms with Crippen LogP contribution in [-0.2, 0) is 14.2 Å². The van der Waals surface area contributed by atoms with Crippen LogP contribution in [-0.4, -0.2) is 122 Å². The van der Waals surface area contributed by atoms with E-state index in [4.69, 9.17) is 19.9 Å². The quantitative estimate of drug-likeness (QED) is 0.148. The van der Waals surface area contributed by atoms with Crippen LogP contribution in [0.5, 0.6) is 0 Å². The highest BCUT2D eigenvalue weighted by Crippen LogP contribution is 2.35. The fraction of sp³-hybridized carbons (Fsp3) is 1.00. The number of aliphatic hydroxyl groups is 8. The Hall–Kier alpha value is -0.480. The molecule has 10 N–H and O–H groups in total. The monoisotopic (exact) mass is 441 g/mol. The molecule has 2 aliphatic rings. The molecular weight excluding hydrogens is 406 g/mol. The van der Waals surface area contributed by atoms with E-state index < -0.39 is 74.1 Å². The molecule has 178 valence electrons. The topological polar surface area (TPSA) is 216 Å². The van der Waals surface area contributed by atoms with Gasteiger partial charge in [0, 0.05) is 6.42 Å². The standard InChI is InChI=1S/C18H35NO11/c19-6-4-2-1-3-5-18(27)16(26)14(25)15(10(8-21)30-18)29-17-13(24)12(23)11(22)9(7-20)28-17/h9-17,20-27H,1-8,19H2/t9-,10-,11+,12+,13-,14+,15-,16-,17+,18-/m1/s1. The lowest BCUT2D eigenvalue weighted by atomic mass is 9.89. The fourth-order valence-corrected chi connectivity index (χ4v) is 3.79. The third kappa shape index (κ3) is 5.65. The van der Waals surface area contributed by atoms with Gasteiger partial charge in [-0.2, -0.15) is 0 Å². The van der Waals surface area contributed by atoms with Crippen LogP contribution < -0.4 is 5.73 Å². The first-order valence-corrected chi connectivity index (χ1v) is 10.2. The van der Waals surface area contributed by atoms with Crippen molar-refractivity contribution in [3.05, 3.63) is 0 Å². The molecule has 30 heavy (non-hydrogen) atoms. The largest absolute Gasteiger partial charge is 0.394 e. The van der Waals surface area contributed by atoms with Gasteiger partial charge in [0.05, 0.1) is 13.2 Å². The van der Waals surface area contributed by atoms with E-state index >= 15 is 0 Å². The Kier molecular flexibility index (Phi) is 9.80. The summed E-state index contributed by atoms with van der Waals surface area (Å²) in [6, 6.07) is 0. The highest BCUT2D eigenvalue weighted by atomic mass is 16.7. The van der Waals surface area contributed by atoms with Crippen molar-refractivity contribution in [3.8, 4) is 0 Å². The van der Waals surface area contributed by atoms with Crippen molar-refractivity contribution in [2.24, 2.45) is 5.73 Å². The average Bonchev–Trinajstić information content (AvgIpc) is 2.74. The first-order valence-electron chi connectivity index (χ1n) is 10.2. The molecular formula is C18H35NO11. The summed E-state index contributed by atoms with van der Waals surface area (Å²) in [6.07, 6.45) is -11.3. The second-order valence-electron chi connectivity index (χ2n) is 7.87. The van der Waals surface area contributed by atoms with Crippen LogP contribution in [0.2, 0.25) is 0 Å². The number of aliphatic hydroxyl groups excluding tert-OH is 7. The second kappa shape index (κ2) is 11.4. The lowest BCUT2D eigenvalue weighted by molar-refractivity contribution is -0.384. The molecule has 12 nitrogen and oxygen atoms in total. The number of nitrogens with two attached hydrogens (primary N) is 1. The highest BCUT2D eigenvalue weighted by Gasteiger charge is 2.55. The van der Waals surface area contributed by atoms with Crippen LogP contribution in [0.4, 0.5) is 0 Å². The first kappa shape index (κ1) is 25.8. The van der Waals surface area contributed by atoms with E-state index in [1.54, 1.807) is 0 Å². The van der Waals surface area contributed by atoms with E-state index in [9.17, 15) is 40.9 Å². The number of hydrogen-bond acceptors (Lipinski definition) is 12. The van der Waals surface area contributed by atoms with Crippen molar-refractivity contribution in [1.29, 1.82) is 0 Å². The van der Waals surface area contributed by atoms with E-state index in [1.165, 1.54) is 0 Å². The van der Waals surface area contributed by atoms with Crippen molar-refractivity contribution in [2.75, 3.05) is 19.8 Å². The molecule has 0 aromatic heterocycles. The molecule has 2 aliphatic heterocycles. The molecule has 0 amide bonds. The third-order valence-corrected chi connectivity index (χ3v) is 5.65. The van der Waals surface area contributed by atoms with E-state index in [1.807, 2.05) is 0 Å². The van der Waals surface area contributed by atoms with Gasteiger partial charge in [0.15, 0.2) is 12.1 Å². The lowest BCUT2D eigenvalue weighted by Crippen LogP contribution is -2.68. The molecule has 2 saturated heterocycles. The van der Waals surface area contributed by atoms with Crippen LogP contribution in [0, 0.1) is 0 Å². The minimum atomic E-state index is -2.12. The minimum Gasteiger partial charge on any atom is -0.394 e. The smallest absolute Gasteiger partial charge is 0.195 e. The molecule has 0 aromatic carbocycles. The van der Waals surface area contributed by atoms with Crippen molar-refractivity contribution in [1.82, 2.24) is 0 Å². The van der Waals surface area contributed by atoms with Gasteiger partial charge in [-0.1, -0.05) is 12.8 Å². The van der Waals surface area contributed by atoms with E-state index in [0.717, 1.165) is 19.3 Å². The lowest BCUT2D eigenvalue weighted by Gasteiger charge is -2.49. The zero-order valence-electron chi connectivity index (χ0n) is 16.7. The maximum atomic E-state index is 10.7. The SMILES string of the molecule is NCCCCCC[C@@]1(O)O[C@H](CO)[C@@H](O[C@@H]2O[C@H](CO)[C@H](O)[C@H](O)[C@H]2O)[C@H](O)[C@H]1O. The van der Waals surface area contributed by atoms with E-state index in [-0.39, 0.29) is 6.42 Å². The number of ether oxygens (including phenoxy) is 3. The zero-order valence-corrected chi connectivity index (χ0v) is 16.7. The second-order valence-corrected chi connectivity index (χ2v) is 7.87. The van der Waals surface area contributed by atoms with Crippen LogP contribution >= 0.6 is 0 Å². The summed E-state index contributed by atoms with van der Waals surface area (Å²) in [7, 11) is 0. The van der Waals surface area contributed by atoms with Gasteiger partial charge in [-0.3, -0.25) is 0 Å². The highest BCUT2D eigenvalue weighted by molar-refractivity contribution is 4.98. The van der Waals surface area contributed by atoms with Crippen LogP contribution in [0.15, 0.2) is 0 Å². The maximum Gasteiger partial charge on any atom is 0.195 e. The fourth-order valence-electron chi connectivity index (χ4n) is 3.79. The summed E-state index contributed by atoms with van der Waals surface area (Å²) < 4.78 is 16.1. The normalized spacial score (nSPS) is 44.9. The molecule has 2 fully saturated rings. The molecule has 0 spiro atoms. The minimum absolute atomic E-state index is 0.000928. The maximum absolute atomic E-state index is 10.7. The van der Waals surface area contributed by atoms with Crippen molar-refractivity contribution in [3.63, 3.8) is 0 Å². The molecule has 0 bridgehead atoms. The van der Waals surface area contributed by atoms with Gasteiger partial charge in [-0.05, 0) is 19.4 Å². The van der Waals surface area contributed by atoms with Crippen molar-refractivity contribution < 1.29 is 55.1 Å². The first-order chi connectivity index (χ1) is 14.2. The Balaban J connectivity index is 2.05. The predicted octanol–water partition coefficient (Wildman–Crippen LogP) is -4.12. The molecule has 0 unspecified atom stereocenters. The summed E-state index contributed by atoms with van der Waals surface area (Å²) in [4.78, 5) is 0. The molecule has 10 atom stereocenters. The number of rotatable bonds is 10. The number of hydrogen-bond donors (Lipinski definition) is 9. The van der Waals surface area contributed by atoms with Gasteiger partial charge >= 0.3 is 0 Å². The average molecular weight is 441 g/mol. The molecule has 12 heteroatoms. The Bertz CT molecular complexity index is 511. The van der Waals surface area contributed by atoms with Gasteiger partial charge < -0.3 is 60.8 Å². The van der Waals surface area contributed by atoms with E-state index in [2.05, 4.69) is 0 Å². The summed E-state index contributed by atoms with van der Waals surface area (Å²) in [6.45, 7) is -0.822. The Morgan fingerprint density at radius 2 is 1.43 bits per heavy atom.